The highest BCUT2D eigenvalue weighted by Crippen LogP contribution is 2.27. The molecule has 1 heterocycles. The minimum atomic E-state index is 0.0374. The van der Waals surface area contributed by atoms with E-state index in [0.29, 0.717) is 0 Å². The van der Waals surface area contributed by atoms with Crippen molar-refractivity contribution in [1.29, 1.82) is 0 Å². The van der Waals surface area contributed by atoms with Crippen LogP contribution in [-0.4, -0.2) is 24.0 Å². The Bertz CT molecular complexity index is 589. The summed E-state index contributed by atoms with van der Waals surface area (Å²) >= 11 is 0. The van der Waals surface area contributed by atoms with Gasteiger partial charge in [-0.3, -0.25) is 0 Å². The normalized spacial score (nSPS) is 19.3. The van der Waals surface area contributed by atoms with Gasteiger partial charge in [0.25, 0.3) is 0 Å². The van der Waals surface area contributed by atoms with Gasteiger partial charge in [0.1, 0.15) is 0 Å². The van der Waals surface area contributed by atoms with Crippen molar-refractivity contribution in [2.75, 3.05) is 13.1 Å². The van der Waals surface area contributed by atoms with Crippen molar-refractivity contribution in [2.24, 2.45) is 0 Å². The zero-order valence-corrected chi connectivity index (χ0v) is 10.4. The van der Waals surface area contributed by atoms with Crippen molar-refractivity contribution < 1.29 is 4.79 Å². The first-order valence-corrected chi connectivity index (χ1v) is 6.32. The molecule has 2 aromatic rings. The van der Waals surface area contributed by atoms with Gasteiger partial charge in [-0.1, -0.05) is 42.5 Å². The maximum absolute atomic E-state index is 11.7. The topological polar surface area (TPSA) is 32.3 Å². The summed E-state index contributed by atoms with van der Waals surface area (Å²) in [5, 5.41) is 5.50. The van der Waals surface area contributed by atoms with E-state index in [9.17, 15) is 4.79 Å². The summed E-state index contributed by atoms with van der Waals surface area (Å²) in [7, 11) is 0. The lowest BCUT2D eigenvalue weighted by molar-refractivity contribution is 0.219. The van der Waals surface area contributed by atoms with E-state index >= 15 is 0 Å². The number of rotatable bonds is 2. The van der Waals surface area contributed by atoms with Crippen molar-refractivity contribution in [1.82, 2.24) is 10.2 Å². The molecule has 92 valence electrons. The predicted octanol–water partition coefficient (Wildman–Crippen LogP) is 2.93. The van der Waals surface area contributed by atoms with E-state index in [0.717, 1.165) is 13.1 Å². The molecule has 1 unspecified atom stereocenters. The molecule has 0 saturated carbocycles. The molecule has 18 heavy (non-hydrogen) atoms. The van der Waals surface area contributed by atoms with Gasteiger partial charge in [-0.25, -0.2) is 4.79 Å². The lowest BCUT2D eigenvalue weighted by Crippen LogP contribution is -2.27. The third-order valence-electron chi connectivity index (χ3n) is 3.57. The SMILES string of the molecule is CCN1CC(c2cccc3ccccc23)NC1=O. The van der Waals surface area contributed by atoms with Crippen LogP contribution in [0.4, 0.5) is 4.79 Å². The summed E-state index contributed by atoms with van der Waals surface area (Å²) in [6, 6.07) is 14.7. The van der Waals surface area contributed by atoms with Gasteiger partial charge in [0.2, 0.25) is 0 Å². The Morgan fingerprint density at radius 2 is 2.00 bits per heavy atom. The van der Waals surface area contributed by atoms with Crippen LogP contribution in [0.1, 0.15) is 18.5 Å². The highest BCUT2D eigenvalue weighted by Gasteiger charge is 2.29. The third-order valence-corrected chi connectivity index (χ3v) is 3.57. The van der Waals surface area contributed by atoms with Crippen molar-refractivity contribution >= 4 is 16.8 Å². The molecular weight excluding hydrogens is 224 g/mol. The van der Waals surface area contributed by atoms with Crippen LogP contribution in [0.3, 0.4) is 0 Å². The number of hydrogen-bond donors (Lipinski definition) is 1. The minimum absolute atomic E-state index is 0.0374. The van der Waals surface area contributed by atoms with E-state index in [-0.39, 0.29) is 12.1 Å². The zero-order valence-electron chi connectivity index (χ0n) is 10.4. The number of likely N-dealkylation sites (N-methyl/N-ethyl adjacent to an activating group) is 1. The van der Waals surface area contributed by atoms with Gasteiger partial charge in [-0.05, 0) is 23.3 Å². The van der Waals surface area contributed by atoms with Crippen LogP contribution in [0.15, 0.2) is 42.5 Å². The maximum atomic E-state index is 11.7. The maximum Gasteiger partial charge on any atom is 0.318 e. The molecule has 2 aromatic carbocycles. The minimum Gasteiger partial charge on any atom is -0.329 e. The monoisotopic (exact) mass is 240 g/mol. The van der Waals surface area contributed by atoms with Gasteiger partial charge in [-0.2, -0.15) is 0 Å². The summed E-state index contributed by atoms with van der Waals surface area (Å²) in [5.74, 6) is 0. The number of fused-ring (bicyclic) bond motifs is 1. The first-order valence-electron chi connectivity index (χ1n) is 6.32. The predicted molar refractivity (Wildman–Crippen MR) is 72.5 cm³/mol. The largest absolute Gasteiger partial charge is 0.329 e. The quantitative estimate of drug-likeness (QED) is 0.860. The summed E-state index contributed by atoms with van der Waals surface area (Å²) in [4.78, 5) is 13.6. The Kier molecular flexibility index (Phi) is 2.67. The molecule has 0 bridgehead atoms. The third kappa shape index (κ3) is 1.72. The van der Waals surface area contributed by atoms with Crippen LogP contribution in [-0.2, 0) is 0 Å². The summed E-state index contributed by atoms with van der Waals surface area (Å²) < 4.78 is 0. The molecule has 3 rings (SSSR count). The summed E-state index contributed by atoms with van der Waals surface area (Å²) in [5.41, 5.74) is 1.21. The number of carbonyl (C=O) groups excluding carboxylic acids is 1. The second kappa shape index (κ2) is 4.33. The number of nitrogens with one attached hydrogen (secondary N) is 1. The summed E-state index contributed by atoms with van der Waals surface area (Å²) in [6.45, 7) is 3.52. The number of amides is 2. The molecule has 0 aromatic heterocycles. The molecule has 2 amide bonds. The van der Waals surface area contributed by atoms with Crippen LogP contribution in [0.2, 0.25) is 0 Å². The lowest BCUT2D eigenvalue weighted by atomic mass is 9.99. The van der Waals surface area contributed by atoms with Gasteiger partial charge in [0, 0.05) is 13.1 Å². The van der Waals surface area contributed by atoms with Crippen molar-refractivity contribution in [2.45, 2.75) is 13.0 Å². The first-order chi connectivity index (χ1) is 8.79. The molecule has 1 atom stereocenters. The fraction of sp³-hybridized carbons (Fsp3) is 0.267. The molecule has 1 fully saturated rings. The molecular formula is C15H16N2O. The van der Waals surface area contributed by atoms with Crippen LogP contribution in [0.5, 0.6) is 0 Å². The van der Waals surface area contributed by atoms with E-state index in [4.69, 9.17) is 0 Å². The van der Waals surface area contributed by atoms with E-state index in [2.05, 4.69) is 35.6 Å². The molecule has 0 aliphatic carbocycles. The number of benzene rings is 2. The number of hydrogen-bond acceptors (Lipinski definition) is 1. The fourth-order valence-electron chi connectivity index (χ4n) is 2.59. The molecule has 1 saturated heterocycles. The molecule has 3 heteroatoms. The van der Waals surface area contributed by atoms with Crippen molar-refractivity contribution in [3.8, 4) is 0 Å². The Balaban J connectivity index is 2.03. The standard InChI is InChI=1S/C15H16N2O/c1-2-17-10-14(16-15(17)18)13-9-5-7-11-6-3-4-8-12(11)13/h3-9,14H,2,10H2,1H3,(H,16,18). The van der Waals surface area contributed by atoms with Crippen LogP contribution in [0, 0.1) is 0 Å². The van der Waals surface area contributed by atoms with Crippen LogP contribution in [0.25, 0.3) is 10.8 Å². The van der Waals surface area contributed by atoms with E-state index in [1.165, 1.54) is 16.3 Å². The van der Waals surface area contributed by atoms with Crippen LogP contribution < -0.4 is 5.32 Å². The Morgan fingerprint density at radius 3 is 2.78 bits per heavy atom. The van der Waals surface area contributed by atoms with Gasteiger partial charge >= 0.3 is 6.03 Å². The van der Waals surface area contributed by atoms with Gasteiger partial charge in [0.05, 0.1) is 6.04 Å². The Labute approximate surface area is 106 Å². The van der Waals surface area contributed by atoms with E-state index in [1.54, 1.807) is 0 Å². The number of urea groups is 1. The summed E-state index contributed by atoms with van der Waals surface area (Å²) in [6.07, 6.45) is 0. The highest BCUT2D eigenvalue weighted by molar-refractivity contribution is 5.87. The van der Waals surface area contributed by atoms with Crippen molar-refractivity contribution in [3.05, 3.63) is 48.0 Å². The van der Waals surface area contributed by atoms with E-state index < -0.39 is 0 Å². The molecule has 1 aliphatic heterocycles. The Hall–Kier alpha value is -2.03. The van der Waals surface area contributed by atoms with E-state index in [1.807, 2.05) is 24.0 Å². The molecule has 0 spiro atoms. The average molecular weight is 240 g/mol. The van der Waals surface area contributed by atoms with Crippen molar-refractivity contribution in [3.63, 3.8) is 0 Å². The number of nitrogens with zero attached hydrogens (tertiary/aromatic N) is 1. The lowest BCUT2D eigenvalue weighted by Gasteiger charge is -2.13. The van der Waals surface area contributed by atoms with Gasteiger partial charge < -0.3 is 10.2 Å². The average Bonchev–Trinajstić information content (AvgIpc) is 2.79. The fourth-order valence-corrected chi connectivity index (χ4v) is 2.59. The Morgan fingerprint density at radius 1 is 1.22 bits per heavy atom. The zero-order chi connectivity index (χ0) is 12.5. The van der Waals surface area contributed by atoms with Crippen LogP contribution >= 0.6 is 0 Å². The smallest absolute Gasteiger partial charge is 0.318 e. The number of carbonyl (C=O) groups is 1. The first kappa shape index (κ1) is 11.1. The molecule has 0 radical (unpaired) electrons. The van der Waals surface area contributed by atoms with Gasteiger partial charge in [-0.15, -0.1) is 0 Å². The molecule has 3 nitrogen and oxygen atoms in total. The highest BCUT2D eigenvalue weighted by atomic mass is 16.2. The molecule has 1 aliphatic rings. The molecule has 1 N–H and O–H groups in total. The van der Waals surface area contributed by atoms with Gasteiger partial charge in [0.15, 0.2) is 0 Å². The second-order valence-electron chi connectivity index (χ2n) is 4.61. The second-order valence-corrected chi connectivity index (χ2v) is 4.61.